The normalized spacial score (nSPS) is 26.8. The lowest BCUT2D eigenvalue weighted by Crippen LogP contribution is -2.08. The van der Waals surface area contributed by atoms with E-state index in [1.807, 2.05) is 0 Å². The molecule has 1 aliphatic heterocycles. The molecular formula is C6H10N2O3S2. The maximum atomic E-state index is 8.62. The van der Waals surface area contributed by atoms with Gasteiger partial charge in [0.1, 0.15) is 0 Å². The predicted molar refractivity (Wildman–Crippen MR) is 54.2 cm³/mol. The molecule has 0 aliphatic carbocycles. The molecule has 0 amide bonds. The first-order valence-corrected chi connectivity index (χ1v) is 5.63. The number of hydrogen-bond donors (Lipinski definition) is 2. The molecule has 1 heterocycles. The molecule has 0 atom stereocenters. The Kier molecular flexibility index (Phi) is 5.02. The fourth-order valence-corrected chi connectivity index (χ4v) is 2.35. The molecule has 0 radical (unpaired) electrons. The number of nitrogens with zero attached hydrogens (tertiary/aromatic N) is 2. The fourth-order valence-electron chi connectivity index (χ4n) is 0.763. The molecule has 5 nitrogen and oxygen atoms in total. The summed E-state index contributed by atoms with van der Waals surface area (Å²) in [6.07, 6.45) is 0. The van der Waals surface area contributed by atoms with Crippen LogP contribution in [0.2, 0.25) is 0 Å². The van der Waals surface area contributed by atoms with E-state index in [1.54, 1.807) is 0 Å². The van der Waals surface area contributed by atoms with E-state index in [0.29, 0.717) is 34.8 Å². The van der Waals surface area contributed by atoms with Crippen molar-refractivity contribution in [2.24, 2.45) is 10.3 Å². The zero-order valence-corrected chi connectivity index (χ0v) is 8.48. The van der Waals surface area contributed by atoms with Crippen molar-refractivity contribution in [3.8, 4) is 0 Å². The van der Waals surface area contributed by atoms with Crippen molar-refractivity contribution in [2.75, 3.05) is 24.7 Å². The van der Waals surface area contributed by atoms with Gasteiger partial charge < -0.3 is 15.2 Å². The van der Waals surface area contributed by atoms with Gasteiger partial charge in [-0.3, -0.25) is 0 Å². The van der Waals surface area contributed by atoms with E-state index < -0.39 is 0 Å². The van der Waals surface area contributed by atoms with Gasteiger partial charge >= 0.3 is 0 Å². The van der Waals surface area contributed by atoms with Crippen LogP contribution in [-0.2, 0) is 4.74 Å². The molecule has 7 heteroatoms. The molecule has 1 saturated heterocycles. The van der Waals surface area contributed by atoms with E-state index in [0.717, 1.165) is 0 Å². The highest BCUT2D eigenvalue weighted by Crippen LogP contribution is 2.16. The summed E-state index contributed by atoms with van der Waals surface area (Å²) in [4.78, 5) is 0. The fraction of sp³-hybridized carbons (Fsp3) is 0.667. The monoisotopic (exact) mass is 222 g/mol. The van der Waals surface area contributed by atoms with Crippen molar-refractivity contribution in [1.29, 1.82) is 0 Å². The molecule has 13 heavy (non-hydrogen) atoms. The Balaban J connectivity index is 2.64. The molecule has 0 unspecified atom stereocenters. The van der Waals surface area contributed by atoms with Crippen molar-refractivity contribution in [3.05, 3.63) is 0 Å². The highest BCUT2D eigenvalue weighted by molar-refractivity contribution is 8.25. The summed E-state index contributed by atoms with van der Waals surface area (Å²) >= 11 is 2.61. The van der Waals surface area contributed by atoms with Crippen LogP contribution in [0, 0.1) is 0 Å². The molecule has 0 aromatic heterocycles. The minimum absolute atomic E-state index is 0.345. The topological polar surface area (TPSA) is 74.4 Å². The van der Waals surface area contributed by atoms with Crippen LogP contribution in [0.1, 0.15) is 0 Å². The Morgan fingerprint density at radius 2 is 1.46 bits per heavy atom. The van der Waals surface area contributed by atoms with Crippen LogP contribution < -0.4 is 0 Å². The number of hydrogen-bond acceptors (Lipinski definition) is 7. The van der Waals surface area contributed by atoms with Gasteiger partial charge in [0.15, 0.2) is 10.1 Å². The second-order valence-electron chi connectivity index (χ2n) is 2.12. The summed E-state index contributed by atoms with van der Waals surface area (Å²) in [6.45, 7) is 1.23. The van der Waals surface area contributed by atoms with Gasteiger partial charge in [0.25, 0.3) is 0 Å². The lowest BCUT2D eigenvalue weighted by molar-refractivity contribution is 0.167. The average Bonchev–Trinajstić information content (AvgIpc) is 2.28. The van der Waals surface area contributed by atoms with Crippen LogP contribution in [0.3, 0.4) is 0 Å². The molecule has 0 aromatic rings. The second kappa shape index (κ2) is 6.11. The Bertz CT molecular complexity index is 198. The molecule has 2 N–H and O–H groups in total. The van der Waals surface area contributed by atoms with Gasteiger partial charge in [-0.15, -0.1) is 0 Å². The Morgan fingerprint density at radius 1 is 1.00 bits per heavy atom. The lowest BCUT2D eigenvalue weighted by Gasteiger charge is -2.01. The third-order valence-electron chi connectivity index (χ3n) is 1.30. The molecular weight excluding hydrogens is 212 g/mol. The first-order chi connectivity index (χ1) is 6.38. The minimum Gasteiger partial charge on any atom is -0.410 e. The van der Waals surface area contributed by atoms with Crippen LogP contribution in [0.5, 0.6) is 0 Å². The van der Waals surface area contributed by atoms with Crippen molar-refractivity contribution < 1.29 is 15.2 Å². The van der Waals surface area contributed by atoms with E-state index in [-0.39, 0.29) is 0 Å². The third kappa shape index (κ3) is 3.45. The molecule has 1 aliphatic rings. The Morgan fingerprint density at radius 3 is 1.85 bits per heavy atom. The molecule has 0 saturated carbocycles. The van der Waals surface area contributed by atoms with Crippen molar-refractivity contribution in [1.82, 2.24) is 0 Å². The summed E-state index contributed by atoms with van der Waals surface area (Å²) in [5.74, 6) is 1.39. The van der Waals surface area contributed by atoms with Crippen molar-refractivity contribution in [3.63, 3.8) is 0 Å². The number of ether oxygens (including phenoxy) is 1. The number of rotatable bonds is 0. The van der Waals surface area contributed by atoms with Gasteiger partial charge in [0.05, 0.1) is 13.2 Å². The lowest BCUT2D eigenvalue weighted by atomic mass is 10.8. The quantitative estimate of drug-likeness (QED) is 0.473. The largest absolute Gasteiger partial charge is 0.410 e. The Hall–Kier alpha value is -0.400. The first-order valence-electron chi connectivity index (χ1n) is 3.66. The van der Waals surface area contributed by atoms with Gasteiger partial charge in [0.2, 0.25) is 0 Å². The summed E-state index contributed by atoms with van der Waals surface area (Å²) in [5.41, 5.74) is 0. The van der Waals surface area contributed by atoms with Crippen LogP contribution >= 0.6 is 23.5 Å². The summed E-state index contributed by atoms with van der Waals surface area (Å²) in [5, 5.41) is 24.0. The van der Waals surface area contributed by atoms with E-state index in [9.17, 15) is 0 Å². The standard InChI is InChI=1S/C6H10N2O3S2/c9-7-5-6(8-10)13-4-2-11-1-3-12-5/h9-10H,1-4H2/b7-5-,8-6-. The van der Waals surface area contributed by atoms with E-state index in [4.69, 9.17) is 15.2 Å². The van der Waals surface area contributed by atoms with Crippen LogP contribution in [0.25, 0.3) is 0 Å². The Labute approximate surface area is 84.2 Å². The van der Waals surface area contributed by atoms with Gasteiger partial charge in [-0.2, -0.15) is 0 Å². The first kappa shape index (κ1) is 10.7. The second-order valence-corrected chi connectivity index (χ2v) is 4.29. The van der Waals surface area contributed by atoms with Gasteiger partial charge in [-0.05, 0) is 0 Å². The molecule has 0 spiro atoms. The number of thioether (sulfide) groups is 2. The molecule has 0 bridgehead atoms. The number of oxime groups is 2. The molecule has 0 aromatic carbocycles. The maximum absolute atomic E-state index is 8.62. The van der Waals surface area contributed by atoms with Crippen LogP contribution in [0.15, 0.2) is 10.3 Å². The van der Waals surface area contributed by atoms with Gasteiger partial charge in [-0.1, -0.05) is 33.8 Å². The van der Waals surface area contributed by atoms with Crippen molar-refractivity contribution >= 4 is 33.6 Å². The summed E-state index contributed by atoms with van der Waals surface area (Å²) in [7, 11) is 0. The molecule has 1 rings (SSSR count). The smallest absolute Gasteiger partial charge is 0.171 e. The highest BCUT2D eigenvalue weighted by atomic mass is 32.2. The van der Waals surface area contributed by atoms with E-state index in [1.165, 1.54) is 23.5 Å². The summed E-state index contributed by atoms with van der Waals surface area (Å²) in [6, 6.07) is 0. The highest BCUT2D eigenvalue weighted by Gasteiger charge is 2.14. The van der Waals surface area contributed by atoms with Crippen LogP contribution in [0.4, 0.5) is 0 Å². The minimum atomic E-state index is 0.345. The van der Waals surface area contributed by atoms with Crippen LogP contribution in [-0.4, -0.2) is 45.2 Å². The third-order valence-corrected chi connectivity index (χ3v) is 3.27. The van der Waals surface area contributed by atoms with Gasteiger partial charge in [-0.25, -0.2) is 0 Å². The average molecular weight is 222 g/mol. The maximum Gasteiger partial charge on any atom is 0.171 e. The predicted octanol–water partition coefficient (Wildman–Crippen LogP) is 1.06. The molecule has 1 fully saturated rings. The van der Waals surface area contributed by atoms with Crippen molar-refractivity contribution in [2.45, 2.75) is 0 Å². The zero-order chi connectivity index (χ0) is 9.52. The molecule has 74 valence electrons. The van der Waals surface area contributed by atoms with E-state index in [2.05, 4.69) is 10.3 Å². The van der Waals surface area contributed by atoms with Gasteiger partial charge in [0, 0.05) is 11.5 Å². The summed E-state index contributed by atoms with van der Waals surface area (Å²) < 4.78 is 5.23. The van der Waals surface area contributed by atoms with E-state index >= 15 is 0 Å². The zero-order valence-electron chi connectivity index (χ0n) is 6.84. The SMILES string of the molecule is O/N=C1\SCCOCCS\C1=N/O.